The van der Waals surface area contributed by atoms with Crippen molar-refractivity contribution in [3.63, 3.8) is 0 Å². The number of amides is 1. The van der Waals surface area contributed by atoms with Gasteiger partial charge in [0.25, 0.3) is 0 Å². The Morgan fingerprint density at radius 3 is 2.51 bits per heavy atom. The minimum absolute atomic E-state index is 0.0258. The number of hydrogen-bond donors (Lipinski definition) is 2. The first-order valence-corrected chi connectivity index (χ1v) is 13.8. The average Bonchev–Trinajstić information content (AvgIpc) is 2.80. The maximum absolute atomic E-state index is 13.3. The number of rotatable bonds is 7. The highest BCUT2D eigenvalue weighted by molar-refractivity contribution is 7.91. The number of halogens is 4. The first kappa shape index (κ1) is 28.9. The number of ether oxygens (including phenoxy) is 1. The summed E-state index contributed by atoms with van der Waals surface area (Å²) in [4.78, 5) is 21.5. The third kappa shape index (κ3) is 7.42. The van der Waals surface area contributed by atoms with Crippen LogP contribution in [0.5, 0.6) is 5.75 Å². The molecule has 3 rings (SSSR count). The lowest BCUT2D eigenvalue weighted by atomic mass is 9.81. The van der Waals surface area contributed by atoms with Gasteiger partial charge in [-0.2, -0.15) is 17.6 Å². The van der Waals surface area contributed by atoms with Crippen molar-refractivity contribution >= 4 is 27.2 Å². The highest BCUT2D eigenvalue weighted by Gasteiger charge is 2.44. The Kier molecular flexibility index (Phi) is 8.55. The second kappa shape index (κ2) is 11.0. The third-order valence-electron chi connectivity index (χ3n) is 6.53. The van der Waals surface area contributed by atoms with Crippen molar-refractivity contribution in [2.75, 3.05) is 11.5 Å². The smallest absolute Gasteiger partial charge is 0.427 e. The van der Waals surface area contributed by atoms with E-state index in [1.807, 2.05) is 20.8 Å². The van der Waals surface area contributed by atoms with Crippen LogP contribution in [0.1, 0.15) is 58.4 Å². The molecular formula is C24H32F4N4O4S. The van der Waals surface area contributed by atoms with Crippen molar-refractivity contribution in [2.24, 2.45) is 16.6 Å². The quantitative estimate of drug-likeness (QED) is 0.501. The molecule has 1 amide bonds. The van der Waals surface area contributed by atoms with Gasteiger partial charge in [-0.3, -0.25) is 14.8 Å². The number of hydrogen-bond acceptors (Lipinski definition) is 7. The van der Waals surface area contributed by atoms with Crippen molar-refractivity contribution in [3.8, 4) is 5.75 Å². The van der Waals surface area contributed by atoms with Crippen LogP contribution in [-0.4, -0.2) is 60.6 Å². The fraction of sp³-hybridized carbons (Fsp3) is 0.625. The molecule has 2 heterocycles. The summed E-state index contributed by atoms with van der Waals surface area (Å²) in [6, 6.07) is 0.980. The summed E-state index contributed by atoms with van der Waals surface area (Å²) in [5.41, 5.74) is 7.33. The molecule has 2 aliphatic rings. The number of aromatic nitrogens is 1. The van der Waals surface area contributed by atoms with Gasteiger partial charge in [-0.05, 0) is 58.1 Å². The topological polar surface area (TPSA) is 124 Å². The van der Waals surface area contributed by atoms with E-state index < -0.39 is 39.6 Å². The Morgan fingerprint density at radius 1 is 1.27 bits per heavy atom. The monoisotopic (exact) mass is 548 g/mol. The Morgan fingerprint density at radius 2 is 1.92 bits per heavy atom. The van der Waals surface area contributed by atoms with E-state index in [0.717, 1.165) is 12.3 Å². The number of alkyl halides is 4. The van der Waals surface area contributed by atoms with Gasteiger partial charge in [-0.15, -0.1) is 0 Å². The van der Waals surface area contributed by atoms with E-state index in [1.165, 1.54) is 6.20 Å². The van der Waals surface area contributed by atoms with Crippen LogP contribution in [0.2, 0.25) is 0 Å². The molecule has 1 aromatic rings. The zero-order valence-corrected chi connectivity index (χ0v) is 21.8. The van der Waals surface area contributed by atoms with Gasteiger partial charge < -0.3 is 15.8 Å². The SMILES string of the molecule is CC(C)N=C1C[C@H](C(=O)NC2(C)CCS(=O)(=O)CC2)CCC1=C(N)c1cncc(OC(F)(F)C(F)F)c1. The van der Waals surface area contributed by atoms with Gasteiger partial charge in [0.1, 0.15) is 15.6 Å². The van der Waals surface area contributed by atoms with Gasteiger partial charge in [0, 0.05) is 47.1 Å². The first-order chi connectivity index (χ1) is 17.1. The lowest BCUT2D eigenvalue weighted by Gasteiger charge is -2.36. The number of carbonyl (C=O) groups is 1. The number of carbonyl (C=O) groups excluding carboxylic acids is 1. The molecule has 1 atom stereocenters. The van der Waals surface area contributed by atoms with Crippen LogP contribution < -0.4 is 15.8 Å². The van der Waals surface area contributed by atoms with E-state index in [4.69, 9.17) is 5.73 Å². The van der Waals surface area contributed by atoms with E-state index in [9.17, 15) is 30.8 Å². The molecule has 13 heteroatoms. The summed E-state index contributed by atoms with van der Waals surface area (Å²) in [7, 11) is -3.08. The lowest BCUT2D eigenvalue weighted by Crippen LogP contribution is -2.53. The normalized spacial score (nSPS) is 24.2. The van der Waals surface area contributed by atoms with E-state index in [-0.39, 0.29) is 41.1 Å². The first-order valence-electron chi connectivity index (χ1n) is 12.0. The number of pyridine rings is 1. The van der Waals surface area contributed by atoms with Crippen LogP contribution in [0.15, 0.2) is 29.0 Å². The summed E-state index contributed by atoms with van der Waals surface area (Å²) in [6.07, 6.45) is -4.75. The highest BCUT2D eigenvalue weighted by atomic mass is 32.2. The molecule has 1 aromatic heterocycles. The second-order valence-electron chi connectivity index (χ2n) is 10.1. The van der Waals surface area contributed by atoms with E-state index in [0.29, 0.717) is 37.0 Å². The zero-order chi connectivity index (χ0) is 27.6. The van der Waals surface area contributed by atoms with Gasteiger partial charge in [-0.1, -0.05) is 0 Å². The maximum Gasteiger partial charge on any atom is 0.461 e. The number of allylic oxidation sites excluding steroid dienone is 1. The summed E-state index contributed by atoms with van der Waals surface area (Å²) in [6.45, 7) is 5.56. The minimum Gasteiger partial charge on any atom is -0.427 e. The molecule has 206 valence electrons. The van der Waals surface area contributed by atoms with Gasteiger partial charge in [0.2, 0.25) is 5.91 Å². The predicted molar refractivity (Wildman–Crippen MR) is 131 cm³/mol. The summed E-state index contributed by atoms with van der Waals surface area (Å²) < 4.78 is 79.4. The molecular weight excluding hydrogens is 516 g/mol. The molecule has 37 heavy (non-hydrogen) atoms. The Labute approximate surface area is 213 Å². The van der Waals surface area contributed by atoms with Crippen molar-refractivity contribution in [2.45, 2.75) is 77.0 Å². The van der Waals surface area contributed by atoms with Crippen molar-refractivity contribution in [1.82, 2.24) is 10.3 Å². The molecule has 1 saturated carbocycles. The molecule has 3 N–H and O–H groups in total. The van der Waals surface area contributed by atoms with Crippen LogP contribution in [-0.2, 0) is 14.6 Å². The van der Waals surface area contributed by atoms with Crippen LogP contribution >= 0.6 is 0 Å². The Bertz CT molecular complexity index is 1170. The molecule has 0 unspecified atom stereocenters. The highest BCUT2D eigenvalue weighted by Crippen LogP contribution is 2.34. The van der Waals surface area contributed by atoms with Gasteiger partial charge in [0.15, 0.2) is 0 Å². The van der Waals surface area contributed by atoms with Crippen molar-refractivity contribution in [3.05, 3.63) is 29.6 Å². The molecule has 0 aromatic carbocycles. The summed E-state index contributed by atoms with van der Waals surface area (Å²) >= 11 is 0. The summed E-state index contributed by atoms with van der Waals surface area (Å²) in [5, 5.41) is 3.03. The Balaban J connectivity index is 1.81. The largest absolute Gasteiger partial charge is 0.461 e. The fourth-order valence-corrected chi connectivity index (χ4v) is 6.12. The van der Waals surface area contributed by atoms with Gasteiger partial charge in [-0.25, -0.2) is 8.42 Å². The molecule has 0 spiro atoms. The molecule has 0 bridgehead atoms. The molecule has 1 aliphatic carbocycles. The Hall–Kier alpha value is -2.70. The standard InChI is InChI=1S/C24H32F4N4O4S/c1-14(2)31-19-11-15(21(33)32-23(3)6-8-37(34,35)9-7-23)4-5-18(19)20(29)16-10-17(13-30-12-16)36-24(27,28)22(25)26/h10,12-15,22H,4-9,11,29H2,1-3H3,(H,32,33)/t15-/m1/s1. The van der Waals surface area contributed by atoms with Crippen LogP contribution in [0, 0.1) is 5.92 Å². The van der Waals surface area contributed by atoms with Gasteiger partial charge >= 0.3 is 12.5 Å². The fourth-order valence-electron chi connectivity index (χ4n) is 4.39. The molecule has 2 fully saturated rings. The average molecular weight is 549 g/mol. The summed E-state index contributed by atoms with van der Waals surface area (Å²) in [5.74, 6) is -1.12. The number of aliphatic imine (C=N–C) groups is 1. The van der Waals surface area contributed by atoms with Crippen LogP contribution in [0.25, 0.3) is 5.70 Å². The van der Waals surface area contributed by atoms with Crippen molar-refractivity contribution < 1.29 is 35.5 Å². The second-order valence-corrected chi connectivity index (χ2v) is 12.4. The third-order valence-corrected chi connectivity index (χ3v) is 8.18. The van der Waals surface area contributed by atoms with Crippen LogP contribution in [0.3, 0.4) is 0 Å². The molecule has 1 aliphatic heterocycles. The van der Waals surface area contributed by atoms with E-state index >= 15 is 0 Å². The maximum atomic E-state index is 13.3. The molecule has 0 radical (unpaired) electrons. The van der Waals surface area contributed by atoms with E-state index in [2.05, 4.69) is 20.0 Å². The minimum atomic E-state index is -4.68. The van der Waals surface area contributed by atoms with E-state index in [1.54, 1.807) is 0 Å². The zero-order valence-electron chi connectivity index (χ0n) is 20.9. The van der Waals surface area contributed by atoms with Crippen LogP contribution in [0.4, 0.5) is 17.6 Å². The van der Waals surface area contributed by atoms with Gasteiger partial charge in [0.05, 0.1) is 17.7 Å². The predicted octanol–water partition coefficient (Wildman–Crippen LogP) is 3.72. The number of nitrogens with two attached hydrogens (primary N) is 1. The lowest BCUT2D eigenvalue weighted by molar-refractivity contribution is -0.253. The molecule has 1 saturated heterocycles. The molecule has 8 nitrogen and oxygen atoms in total. The number of nitrogens with zero attached hydrogens (tertiary/aromatic N) is 2. The van der Waals surface area contributed by atoms with Crippen molar-refractivity contribution in [1.29, 1.82) is 0 Å². The number of sulfone groups is 1. The number of nitrogens with one attached hydrogen (secondary N) is 1.